The largest absolute Gasteiger partial charge is 0.378 e. The number of benzene rings is 3. The van der Waals surface area contributed by atoms with Crippen LogP contribution in [-0.4, -0.2) is 39.6 Å². The number of aliphatic hydroxyl groups is 1. The molecule has 0 amide bonds. The third kappa shape index (κ3) is 3.29. The number of rotatable bonds is 6. The summed E-state index contributed by atoms with van der Waals surface area (Å²) < 4.78 is 13.3. The van der Waals surface area contributed by atoms with E-state index in [-0.39, 0.29) is 0 Å². The number of nitrogens with zero attached hydrogens (tertiary/aromatic N) is 3. The Kier molecular flexibility index (Phi) is 5.04. The number of ether oxygens (including phenoxy) is 2. The summed E-state index contributed by atoms with van der Waals surface area (Å²) in [6.45, 7) is 1.09. The van der Waals surface area contributed by atoms with E-state index in [1.807, 2.05) is 84.9 Å². The summed E-state index contributed by atoms with van der Waals surface area (Å²) in [5, 5.41) is 21.2. The Balaban J connectivity index is 1.72. The number of fused-ring (bicyclic) bond motifs is 1. The van der Waals surface area contributed by atoms with Crippen LogP contribution in [0.2, 0.25) is 0 Å². The van der Waals surface area contributed by atoms with E-state index >= 15 is 0 Å². The molecular weight excluding hydrogens is 378 g/mol. The van der Waals surface area contributed by atoms with Crippen molar-refractivity contribution in [2.24, 2.45) is 0 Å². The van der Waals surface area contributed by atoms with Gasteiger partial charge in [-0.25, -0.2) is 4.68 Å². The zero-order valence-corrected chi connectivity index (χ0v) is 16.5. The van der Waals surface area contributed by atoms with Gasteiger partial charge in [0.25, 0.3) is 0 Å². The van der Waals surface area contributed by atoms with Gasteiger partial charge in [-0.15, -0.1) is 5.10 Å². The van der Waals surface area contributed by atoms with Crippen LogP contribution in [0.15, 0.2) is 84.9 Å². The molecule has 0 saturated carbocycles. The molecule has 0 radical (unpaired) electrons. The Hall–Kier alpha value is -3.06. The first kappa shape index (κ1) is 18.9. The molecule has 1 unspecified atom stereocenters. The normalized spacial score (nSPS) is 16.2. The summed E-state index contributed by atoms with van der Waals surface area (Å²) in [6, 6.07) is 26.6. The third-order valence-corrected chi connectivity index (χ3v) is 5.69. The Morgan fingerprint density at radius 3 is 2.07 bits per heavy atom. The van der Waals surface area contributed by atoms with Crippen LogP contribution in [0.1, 0.15) is 23.6 Å². The highest BCUT2D eigenvalue weighted by atomic mass is 16.7. The highest BCUT2D eigenvalue weighted by Crippen LogP contribution is 2.43. The van der Waals surface area contributed by atoms with Crippen LogP contribution in [0.4, 0.5) is 0 Å². The zero-order chi connectivity index (χ0) is 20.4. The molecular formula is C24H23N3O3. The quantitative estimate of drug-likeness (QED) is 0.534. The van der Waals surface area contributed by atoms with Crippen LogP contribution in [0, 0.1) is 0 Å². The van der Waals surface area contributed by atoms with Gasteiger partial charge in [0.1, 0.15) is 11.1 Å². The van der Waals surface area contributed by atoms with E-state index in [2.05, 4.69) is 10.3 Å². The molecule has 3 aromatic carbocycles. The van der Waals surface area contributed by atoms with Crippen molar-refractivity contribution in [2.45, 2.75) is 24.4 Å². The maximum Gasteiger partial charge on any atom is 0.159 e. The van der Waals surface area contributed by atoms with Gasteiger partial charge in [0.2, 0.25) is 0 Å². The average molecular weight is 401 g/mol. The number of hydrogen-bond donors (Lipinski definition) is 1. The van der Waals surface area contributed by atoms with E-state index in [0.717, 1.165) is 22.2 Å². The van der Waals surface area contributed by atoms with Gasteiger partial charge >= 0.3 is 0 Å². The van der Waals surface area contributed by atoms with Crippen molar-refractivity contribution in [3.63, 3.8) is 0 Å². The Bertz CT molecular complexity index is 1070. The van der Waals surface area contributed by atoms with Crippen molar-refractivity contribution < 1.29 is 14.6 Å². The predicted molar refractivity (Wildman–Crippen MR) is 113 cm³/mol. The zero-order valence-electron chi connectivity index (χ0n) is 16.5. The number of hydrogen-bond acceptors (Lipinski definition) is 5. The molecule has 6 heteroatoms. The molecule has 1 aliphatic heterocycles. The molecule has 1 N–H and O–H groups in total. The van der Waals surface area contributed by atoms with Crippen LogP contribution >= 0.6 is 0 Å². The Morgan fingerprint density at radius 1 is 0.867 bits per heavy atom. The van der Waals surface area contributed by atoms with Crippen molar-refractivity contribution in [3.8, 4) is 0 Å². The first-order valence-corrected chi connectivity index (χ1v) is 10.1. The fraction of sp³-hybridized carbons (Fsp3) is 0.250. The van der Waals surface area contributed by atoms with Gasteiger partial charge in [0, 0.05) is 6.42 Å². The highest BCUT2D eigenvalue weighted by Gasteiger charge is 2.44. The van der Waals surface area contributed by atoms with Gasteiger partial charge in [0.05, 0.1) is 24.8 Å². The lowest BCUT2D eigenvalue weighted by Crippen LogP contribution is -2.40. The molecule has 5 rings (SSSR count). The Morgan fingerprint density at radius 2 is 1.43 bits per heavy atom. The maximum absolute atomic E-state index is 12.4. The molecule has 1 atom stereocenters. The van der Waals surface area contributed by atoms with Gasteiger partial charge in [-0.3, -0.25) is 0 Å². The summed E-state index contributed by atoms with van der Waals surface area (Å²) >= 11 is 0. The smallest absolute Gasteiger partial charge is 0.159 e. The number of aromatic nitrogens is 3. The van der Waals surface area contributed by atoms with E-state index in [1.165, 1.54) is 0 Å². The van der Waals surface area contributed by atoms with Gasteiger partial charge in [-0.05, 0) is 23.3 Å². The lowest BCUT2D eigenvalue weighted by Gasteiger charge is -2.38. The summed E-state index contributed by atoms with van der Waals surface area (Å²) in [5.74, 6) is 0. The molecule has 30 heavy (non-hydrogen) atoms. The van der Waals surface area contributed by atoms with Crippen LogP contribution in [0.25, 0.3) is 11.0 Å². The molecule has 1 aliphatic rings. The Labute approximate surface area is 174 Å². The van der Waals surface area contributed by atoms with E-state index in [1.54, 1.807) is 4.68 Å². The van der Waals surface area contributed by atoms with Crippen molar-refractivity contribution in [1.82, 2.24) is 15.0 Å². The second-order valence-corrected chi connectivity index (χ2v) is 7.44. The molecule has 1 fully saturated rings. The van der Waals surface area contributed by atoms with Crippen molar-refractivity contribution in [1.29, 1.82) is 0 Å². The molecule has 6 nitrogen and oxygen atoms in total. The molecule has 1 aromatic heterocycles. The molecule has 2 heterocycles. The highest BCUT2D eigenvalue weighted by molar-refractivity contribution is 5.74. The van der Waals surface area contributed by atoms with E-state index in [9.17, 15) is 5.11 Å². The second-order valence-electron chi connectivity index (χ2n) is 7.44. The fourth-order valence-electron chi connectivity index (χ4n) is 4.23. The van der Waals surface area contributed by atoms with Crippen molar-refractivity contribution in [3.05, 3.63) is 96.1 Å². The minimum absolute atomic E-state index is 0.420. The third-order valence-electron chi connectivity index (χ3n) is 5.69. The molecule has 152 valence electrons. The average Bonchev–Trinajstić information content (AvgIpc) is 3.48. The molecule has 4 aromatic rings. The number of para-hydroxylation sites is 1. The van der Waals surface area contributed by atoms with Gasteiger partial charge < -0.3 is 14.6 Å². The minimum atomic E-state index is -1.37. The summed E-state index contributed by atoms with van der Waals surface area (Å²) in [5.41, 5.74) is 1.82. The van der Waals surface area contributed by atoms with E-state index < -0.39 is 17.9 Å². The first-order chi connectivity index (χ1) is 14.8. The lowest BCUT2D eigenvalue weighted by atomic mass is 9.78. The van der Waals surface area contributed by atoms with Crippen molar-refractivity contribution in [2.75, 3.05) is 13.2 Å². The maximum atomic E-state index is 12.4. The topological polar surface area (TPSA) is 69.4 Å². The van der Waals surface area contributed by atoms with Crippen molar-refractivity contribution >= 4 is 11.0 Å². The summed E-state index contributed by atoms with van der Waals surface area (Å²) in [7, 11) is 0. The molecule has 0 bridgehead atoms. The minimum Gasteiger partial charge on any atom is -0.378 e. The van der Waals surface area contributed by atoms with E-state index in [0.29, 0.717) is 19.6 Å². The van der Waals surface area contributed by atoms with E-state index in [4.69, 9.17) is 9.47 Å². The molecule has 0 spiro atoms. The fourth-order valence-corrected chi connectivity index (χ4v) is 4.23. The van der Waals surface area contributed by atoms with Gasteiger partial charge in [0.15, 0.2) is 6.29 Å². The first-order valence-electron chi connectivity index (χ1n) is 10.1. The van der Waals surface area contributed by atoms with Crippen LogP contribution < -0.4 is 0 Å². The predicted octanol–water partition coefficient (Wildman–Crippen LogP) is 3.67. The summed E-state index contributed by atoms with van der Waals surface area (Å²) in [6.07, 6.45) is 0.00472. The SMILES string of the molecule is OC(c1ccccc1)(c1ccccc1)C(CC1OCCO1)n1nnc2ccccc21. The van der Waals surface area contributed by atoms with Gasteiger partial charge in [-0.2, -0.15) is 0 Å². The molecule has 0 aliphatic carbocycles. The lowest BCUT2D eigenvalue weighted by molar-refractivity contribution is -0.0839. The second kappa shape index (κ2) is 7.99. The molecule has 1 saturated heterocycles. The van der Waals surface area contributed by atoms with Crippen LogP contribution in [-0.2, 0) is 15.1 Å². The van der Waals surface area contributed by atoms with Crippen LogP contribution in [0.5, 0.6) is 0 Å². The monoisotopic (exact) mass is 401 g/mol. The van der Waals surface area contributed by atoms with Crippen LogP contribution in [0.3, 0.4) is 0 Å². The van der Waals surface area contributed by atoms with Gasteiger partial charge in [-0.1, -0.05) is 78.0 Å². The standard InChI is InChI=1S/C24H23N3O3/c28-24(18-9-3-1-4-10-18,19-11-5-2-6-12-19)22(17-23-29-15-16-30-23)27-21-14-8-7-13-20(21)25-26-27/h1-14,22-23,28H,15-17H2. The summed E-state index contributed by atoms with van der Waals surface area (Å²) in [4.78, 5) is 0.